The van der Waals surface area contributed by atoms with Crippen molar-refractivity contribution in [3.05, 3.63) is 64.1 Å². The standard InChI is InChI=1S/C20H20BrF3N2O2/c21-16-4-6-17(7-5-16)25-18(27)13-26-10-8-19(28,9-11-26)14-2-1-3-15(12-14)20(22,23)24/h1-7,12,28H,8-11,13H2,(H,25,27). The summed E-state index contributed by atoms with van der Waals surface area (Å²) < 4.78 is 39.7. The minimum absolute atomic E-state index is 0.161. The van der Waals surface area contributed by atoms with Gasteiger partial charge < -0.3 is 10.4 Å². The first-order valence-electron chi connectivity index (χ1n) is 8.84. The first-order chi connectivity index (χ1) is 13.2. The molecular weight excluding hydrogens is 437 g/mol. The van der Waals surface area contributed by atoms with Crippen molar-refractivity contribution in [1.29, 1.82) is 0 Å². The zero-order chi connectivity index (χ0) is 20.4. The number of aliphatic hydroxyl groups is 1. The molecule has 1 amide bonds. The molecule has 1 saturated heterocycles. The lowest BCUT2D eigenvalue weighted by Crippen LogP contribution is -2.45. The van der Waals surface area contributed by atoms with Gasteiger partial charge in [0, 0.05) is 23.2 Å². The summed E-state index contributed by atoms with van der Waals surface area (Å²) in [6.45, 7) is 0.996. The van der Waals surface area contributed by atoms with Crippen LogP contribution in [-0.2, 0) is 16.6 Å². The number of halogens is 4. The zero-order valence-corrected chi connectivity index (χ0v) is 16.6. The summed E-state index contributed by atoms with van der Waals surface area (Å²) in [6.07, 6.45) is -3.92. The van der Waals surface area contributed by atoms with E-state index in [1.165, 1.54) is 12.1 Å². The first-order valence-corrected chi connectivity index (χ1v) is 9.63. The van der Waals surface area contributed by atoms with Gasteiger partial charge in [-0.15, -0.1) is 0 Å². The topological polar surface area (TPSA) is 52.6 Å². The molecular formula is C20H20BrF3N2O2. The van der Waals surface area contributed by atoms with E-state index in [-0.39, 0.29) is 30.9 Å². The smallest absolute Gasteiger partial charge is 0.385 e. The predicted molar refractivity (Wildman–Crippen MR) is 104 cm³/mol. The third-order valence-electron chi connectivity index (χ3n) is 4.91. The number of hydrogen-bond donors (Lipinski definition) is 2. The van der Waals surface area contributed by atoms with E-state index in [1.807, 2.05) is 17.0 Å². The number of likely N-dealkylation sites (tertiary alicyclic amines) is 1. The molecule has 0 aromatic heterocycles. The first kappa shape index (κ1) is 20.8. The predicted octanol–water partition coefficient (Wildman–Crippen LogP) is 4.39. The molecule has 28 heavy (non-hydrogen) atoms. The van der Waals surface area contributed by atoms with Crippen LogP contribution in [0.2, 0.25) is 0 Å². The number of hydrogen-bond acceptors (Lipinski definition) is 3. The lowest BCUT2D eigenvalue weighted by atomic mass is 9.83. The normalized spacial score (nSPS) is 17.3. The zero-order valence-electron chi connectivity index (χ0n) is 15.0. The number of benzene rings is 2. The van der Waals surface area contributed by atoms with Crippen LogP contribution in [0.25, 0.3) is 0 Å². The molecule has 0 atom stereocenters. The molecule has 0 saturated carbocycles. The van der Waals surface area contributed by atoms with E-state index < -0.39 is 17.3 Å². The van der Waals surface area contributed by atoms with Crippen LogP contribution in [0.15, 0.2) is 53.0 Å². The lowest BCUT2D eigenvalue weighted by molar-refractivity contribution is -0.137. The van der Waals surface area contributed by atoms with Gasteiger partial charge in [-0.25, -0.2) is 0 Å². The molecule has 0 bridgehead atoms. The summed E-state index contributed by atoms with van der Waals surface area (Å²) in [5, 5.41) is 13.7. The Morgan fingerprint density at radius 3 is 2.39 bits per heavy atom. The average Bonchev–Trinajstić information content (AvgIpc) is 2.65. The minimum atomic E-state index is -4.45. The van der Waals surface area contributed by atoms with Gasteiger partial charge in [0.15, 0.2) is 0 Å². The Bertz CT molecular complexity index is 832. The number of nitrogens with one attached hydrogen (secondary N) is 1. The fourth-order valence-electron chi connectivity index (χ4n) is 3.29. The monoisotopic (exact) mass is 456 g/mol. The van der Waals surface area contributed by atoms with Gasteiger partial charge >= 0.3 is 6.18 Å². The third-order valence-corrected chi connectivity index (χ3v) is 5.43. The quantitative estimate of drug-likeness (QED) is 0.717. The van der Waals surface area contributed by atoms with Crippen LogP contribution in [0, 0.1) is 0 Å². The van der Waals surface area contributed by atoms with Crippen molar-refractivity contribution in [2.24, 2.45) is 0 Å². The number of alkyl halides is 3. The van der Waals surface area contributed by atoms with Crippen molar-refractivity contribution in [1.82, 2.24) is 4.90 Å². The van der Waals surface area contributed by atoms with Crippen molar-refractivity contribution < 1.29 is 23.1 Å². The van der Waals surface area contributed by atoms with Crippen molar-refractivity contribution in [3.63, 3.8) is 0 Å². The van der Waals surface area contributed by atoms with Gasteiger partial charge in [-0.2, -0.15) is 13.2 Å². The molecule has 2 aromatic rings. The molecule has 1 aliphatic rings. The summed E-state index contributed by atoms with van der Waals surface area (Å²) in [6, 6.07) is 12.1. The number of nitrogens with zero attached hydrogens (tertiary/aromatic N) is 1. The largest absolute Gasteiger partial charge is 0.416 e. The Morgan fingerprint density at radius 2 is 1.79 bits per heavy atom. The van der Waals surface area contributed by atoms with Crippen LogP contribution in [0.5, 0.6) is 0 Å². The summed E-state index contributed by atoms with van der Waals surface area (Å²) >= 11 is 3.33. The fraction of sp³-hybridized carbons (Fsp3) is 0.350. The summed E-state index contributed by atoms with van der Waals surface area (Å²) in [7, 11) is 0. The third kappa shape index (κ3) is 5.12. The van der Waals surface area contributed by atoms with Gasteiger partial charge in [-0.05, 0) is 54.8 Å². The maximum atomic E-state index is 12.9. The molecule has 1 fully saturated rings. The Balaban J connectivity index is 1.57. The Kier molecular flexibility index (Phi) is 6.12. The van der Waals surface area contributed by atoms with E-state index >= 15 is 0 Å². The number of anilines is 1. The number of piperidine rings is 1. The van der Waals surface area contributed by atoms with Gasteiger partial charge in [0.05, 0.1) is 17.7 Å². The van der Waals surface area contributed by atoms with E-state index in [9.17, 15) is 23.1 Å². The molecule has 3 rings (SSSR count). The average molecular weight is 457 g/mol. The molecule has 0 unspecified atom stereocenters. The van der Waals surface area contributed by atoms with Crippen LogP contribution < -0.4 is 5.32 Å². The van der Waals surface area contributed by atoms with E-state index in [2.05, 4.69) is 21.2 Å². The summed E-state index contributed by atoms with van der Waals surface area (Å²) in [5.41, 5.74) is -1.14. The highest BCUT2D eigenvalue weighted by molar-refractivity contribution is 9.10. The maximum absolute atomic E-state index is 12.9. The van der Waals surface area contributed by atoms with Gasteiger partial charge in [-0.3, -0.25) is 9.69 Å². The molecule has 0 spiro atoms. The second kappa shape index (κ2) is 8.23. The van der Waals surface area contributed by atoms with Gasteiger partial charge in [0.1, 0.15) is 0 Å². The Morgan fingerprint density at radius 1 is 1.14 bits per heavy atom. The second-order valence-electron chi connectivity index (χ2n) is 6.94. The minimum Gasteiger partial charge on any atom is -0.385 e. The van der Waals surface area contributed by atoms with Crippen LogP contribution in [0.4, 0.5) is 18.9 Å². The number of carbonyl (C=O) groups excluding carboxylic acids is 1. The van der Waals surface area contributed by atoms with Gasteiger partial charge in [0.25, 0.3) is 0 Å². The fourth-order valence-corrected chi connectivity index (χ4v) is 3.56. The maximum Gasteiger partial charge on any atom is 0.416 e. The lowest BCUT2D eigenvalue weighted by Gasteiger charge is -2.38. The summed E-state index contributed by atoms with van der Waals surface area (Å²) in [4.78, 5) is 14.1. The SMILES string of the molecule is O=C(CN1CCC(O)(c2cccc(C(F)(F)F)c2)CC1)Nc1ccc(Br)cc1. The molecule has 2 N–H and O–H groups in total. The molecule has 4 nitrogen and oxygen atoms in total. The molecule has 0 radical (unpaired) electrons. The van der Waals surface area contributed by atoms with Crippen LogP contribution in [0.3, 0.4) is 0 Å². The molecule has 150 valence electrons. The van der Waals surface area contributed by atoms with Crippen molar-refractivity contribution >= 4 is 27.5 Å². The number of rotatable bonds is 4. The summed E-state index contributed by atoms with van der Waals surface area (Å²) in [5.74, 6) is -0.174. The Labute approximate surface area is 169 Å². The number of amides is 1. The van der Waals surface area contributed by atoms with E-state index in [4.69, 9.17) is 0 Å². The van der Waals surface area contributed by atoms with Crippen LogP contribution >= 0.6 is 15.9 Å². The Hall–Kier alpha value is -1.90. The van der Waals surface area contributed by atoms with E-state index in [0.29, 0.717) is 18.8 Å². The van der Waals surface area contributed by atoms with Crippen molar-refractivity contribution in [2.75, 3.05) is 25.0 Å². The second-order valence-corrected chi connectivity index (χ2v) is 7.86. The highest BCUT2D eigenvalue weighted by atomic mass is 79.9. The van der Waals surface area contributed by atoms with Crippen molar-refractivity contribution in [3.8, 4) is 0 Å². The van der Waals surface area contributed by atoms with Crippen LogP contribution in [-0.4, -0.2) is 35.5 Å². The highest BCUT2D eigenvalue weighted by Crippen LogP contribution is 2.36. The number of carbonyl (C=O) groups is 1. The molecule has 8 heteroatoms. The molecule has 2 aromatic carbocycles. The van der Waals surface area contributed by atoms with Crippen LogP contribution in [0.1, 0.15) is 24.0 Å². The molecule has 0 aliphatic carbocycles. The molecule has 1 aliphatic heterocycles. The van der Waals surface area contributed by atoms with E-state index in [0.717, 1.165) is 16.6 Å². The highest BCUT2D eigenvalue weighted by Gasteiger charge is 2.37. The van der Waals surface area contributed by atoms with Gasteiger partial charge in [0.2, 0.25) is 5.91 Å². The molecule has 1 heterocycles. The van der Waals surface area contributed by atoms with Crippen molar-refractivity contribution in [2.45, 2.75) is 24.6 Å². The van der Waals surface area contributed by atoms with E-state index in [1.54, 1.807) is 12.1 Å². The van der Waals surface area contributed by atoms with Gasteiger partial charge in [-0.1, -0.05) is 28.1 Å².